The molecule has 2 N–H and O–H groups in total. The summed E-state index contributed by atoms with van der Waals surface area (Å²) in [5, 5.41) is 2.81. The minimum atomic E-state index is -1.08. The summed E-state index contributed by atoms with van der Waals surface area (Å²) in [6.07, 6.45) is 1.86. The predicted octanol–water partition coefficient (Wildman–Crippen LogP) is 2.35. The second-order valence-electron chi connectivity index (χ2n) is 6.92. The van der Waals surface area contributed by atoms with Gasteiger partial charge in [-0.05, 0) is 18.6 Å². The Morgan fingerprint density at radius 3 is 2.81 bits per heavy atom. The summed E-state index contributed by atoms with van der Waals surface area (Å²) in [4.78, 5) is 45.4. The Labute approximate surface area is 182 Å². The van der Waals surface area contributed by atoms with Crippen LogP contribution in [-0.4, -0.2) is 59.6 Å². The van der Waals surface area contributed by atoms with E-state index in [9.17, 15) is 18.8 Å². The van der Waals surface area contributed by atoms with Crippen molar-refractivity contribution in [3.63, 3.8) is 0 Å². The van der Waals surface area contributed by atoms with Crippen molar-refractivity contribution < 1.29 is 28.2 Å². The maximum atomic E-state index is 14.8. The minimum Gasteiger partial charge on any atom is -0.469 e. The van der Waals surface area contributed by atoms with Gasteiger partial charge in [0.2, 0.25) is 0 Å². The standard InChI is InChI=1S/C20H22ClFN4O5/c1-30-16(27)6-5-15(19(28)31-2)25-20(29)26-8-7-14-17(24-10-23-14)18(26)12-4-3-11(21)9-13(12)22/h3-4,9-10,15,18H,5-8H2,1-2H3,(H,23,24)(H,25,29)/t15-,18+/m1/s1. The van der Waals surface area contributed by atoms with Crippen molar-refractivity contribution in [2.24, 2.45) is 0 Å². The molecule has 0 unspecified atom stereocenters. The van der Waals surface area contributed by atoms with Gasteiger partial charge in [0, 0.05) is 35.7 Å². The largest absolute Gasteiger partial charge is 0.469 e. The third kappa shape index (κ3) is 4.96. The van der Waals surface area contributed by atoms with Crippen molar-refractivity contribution in [2.75, 3.05) is 20.8 Å². The number of nitrogens with one attached hydrogen (secondary N) is 2. The third-order valence-corrected chi connectivity index (χ3v) is 5.33. The molecule has 11 heteroatoms. The third-order valence-electron chi connectivity index (χ3n) is 5.09. The molecule has 2 amide bonds. The second kappa shape index (κ2) is 9.78. The van der Waals surface area contributed by atoms with E-state index < -0.39 is 35.9 Å². The van der Waals surface area contributed by atoms with E-state index in [2.05, 4.69) is 20.0 Å². The number of esters is 2. The molecule has 0 aliphatic carbocycles. The number of methoxy groups -OCH3 is 2. The van der Waals surface area contributed by atoms with E-state index in [1.165, 1.54) is 43.6 Å². The first-order valence-electron chi connectivity index (χ1n) is 9.54. The van der Waals surface area contributed by atoms with E-state index in [1.54, 1.807) is 0 Å². The highest BCUT2D eigenvalue weighted by Gasteiger charge is 2.37. The van der Waals surface area contributed by atoms with Crippen molar-refractivity contribution in [2.45, 2.75) is 31.3 Å². The van der Waals surface area contributed by atoms with Crippen LogP contribution in [0.25, 0.3) is 0 Å². The number of benzene rings is 1. The molecule has 2 heterocycles. The van der Waals surface area contributed by atoms with Gasteiger partial charge >= 0.3 is 18.0 Å². The fourth-order valence-corrected chi connectivity index (χ4v) is 3.68. The van der Waals surface area contributed by atoms with Crippen LogP contribution in [0.3, 0.4) is 0 Å². The molecule has 9 nitrogen and oxygen atoms in total. The van der Waals surface area contributed by atoms with Gasteiger partial charge in [-0.3, -0.25) is 4.79 Å². The Kier molecular flexibility index (Phi) is 7.11. The number of halogens is 2. The zero-order valence-corrected chi connectivity index (χ0v) is 17.7. The smallest absolute Gasteiger partial charge is 0.328 e. The van der Waals surface area contributed by atoms with Crippen LogP contribution < -0.4 is 5.32 Å². The van der Waals surface area contributed by atoms with E-state index in [4.69, 9.17) is 16.3 Å². The molecule has 31 heavy (non-hydrogen) atoms. The van der Waals surface area contributed by atoms with Crippen molar-refractivity contribution in [1.29, 1.82) is 0 Å². The van der Waals surface area contributed by atoms with Gasteiger partial charge in [-0.2, -0.15) is 0 Å². The van der Waals surface area contributed by atoms with E-state index in [-0.39, 0.29) is 30.0 Å². The molecule has 1 aromatic carbocycles. The van der Waals surface area contributed by atoms with Crippen LogP contribution in [0, 0.1) is 5.82 Å². The summed E-state index contributed by atoms with van der Waals surface area (Å²) in [7, 11) is 2.41. The van der Waals surface area contributed by atoms with Gasteiger partial charge < -0.3 is 24.7 Å². The normalized spacial score (nSPS) is 16.3. The van der Waals surface area contributed by atoms with Gasteiger partial charge in [-0.15, -0.1) is 0 Å². The highest BCUT2D eigenvalue weighted by Crippen LogP contribution is 2.35. The number of fused-ring (bicyclic) bond motifs is 1. The maximum Gasteiger partial charge on any atom is 0.328 e. The molecule has 3 rings (SSSR count). The van der Waals surface area contributed by atoms with E-state index in [1.807, 2.05) is 0 Å². The Bertz CT molecular complexity index is 982. The molecule has 1 aliphatic rings. The molecule has 0 radical (unpaired) electrons. The summed E-state index contributed by atoms with van der Waals surface area (Å²) in [5.41, 5.74) is 1.52. The zero-order chi connectivity index (χ0) is 22.5. The van der Waals surface area contributed by atoms with E-state index >= 15 is 0 Å². The van der Waals surface area contributed by atoms with E-state index in [0.29, 0.717) is 12.1 Å². The molecular formula is C20H22ClFN4O5. The number of aromatic amines is 1. The number of H-pyrrole nitrogens is 1. The van der Waals surface area contributed by atoms with Gasteiger partial charge in [0.25, 0.3) is 0 Å². The number of aromatic nitrogens is 2. The molecule has 166 valence electrons. The Hall–Kier alpha value is -3.14. The highest BCUT2D eigenvalue weighted by molar-refractivity contribution is 6.30. The van der Waals surface area contributed by atoms with Gasteiger partial charge in [0.05, 0.1) is 26.2 Å². The van der Waals surface area contributed by atoms with Crippen LogP contribution in [0.2, 0.25) is 5.02 Å². The van der Waals surface area contributed by atoms with Gasteiger partial charge in [0.1, 0.15) is 17.9 Å². The number of rotatable bonds is 6. The summed E-state index contributed by atoms with van der Waals surface area (Å²) in [5.74, 6) is -1.81. The molecule has 0 fully saturated rings. The van der Waals surface area contributed by atoms with Crippen molar-refractivity contribution in [1.82, 2.24) is 20.2 Å². The lowest BCUT2D eigenvalue weighted by atomic mass is 9.95. The molecule has 0 saturated heterocycles. The lowest BCUT2D eigenvalue weighted by Gasteiger charge is -2.36. The highest BCUT2D eigenvalue weighted by atomic mass is 35.5. The summed E-state index contributed by atoms with van der Waals surface area (Å²) >= 11 is 5.88. The predicted molar refractivity (Wildman–Crippen MR) is 108 cm³/mol. The zero-order valence-electron chi connectivity index (χ0n) is 17.0. The van der Waals surface area contributed by atoms with Crippen LogP contribution in [0.5, 0.6) is 0 Å². The number of hydrogen-bond donors (Lipinski definition) is 2. The number of imidazole rings is 1. The summed E-state index contributed by atoms with van der Waals surface area (Å²) in [6.45, 7) is 0.249. The maximum absolute atomic E-state index is 14.8. The van der Waals surface area contributed by atoms with Crippen LogP contribution in [0.15, 0.2) is 24.5 Å². The van der Waals surface area contributed by atoms with Gasteiger partial charge in [0.15, 0.2) is 0 Å². The number of carbonyl (C=O) groups is 3. The number of amides is 2. The number of urea groups is 1. The first kappa shape index (κ1) is 22.5. The SMILES string of the molecule is COC(=O)CC[C@@H](NC(=O)N1CCc2[nH]cnc2[C@@H]1c1ccc(Cl)cc1F)C(=O)OC. The topological polar surface area (TPSA) is 114 Å². The first-order chi connectivity index (χ1) is 14.8. The average Bonchev–Trinajstić information content (AvgIpc) is 3.24. The monoisotopic (exact) mass is 452 g/mol. The van der Waals surface area contributed by atoms with Crippen LogP contribution >= 0.6 is 11.6 Å². The van der Waals surface area contributed by atoms with Gasteiger partial charge in [-0.1, -0.05) is 17.7 Å². The molecule has 2 aromatic rings. The molecule has 0 bridgehead atoms. The van der Waals surface area contributed by atoms with Crippen LogP contribution in [-0.2, 0) is 25.5 Å². The Morgan fingerprint density at radius 1 is 1.35 bits per heavy atom. The van der Waals surface area contributed by atoms with Gasteiger partial charge in [-0.25, -0.2) is 19.0 Å². The summed E-state index contributed by atoms with van der Waals surface area (Å²) in [6, 6.07) is 1.68. The first-order valence-corrected chi connectivity index (χ1v) is 9.92. The molecule has 0 saturated carbocycles. The number of ether oxygens (including phenoxy) is 2. The molecule has 0 spiro atoms. The average molecular weight is 453 g/mol. The van der Waals surface area contributed by atoms with E-state index in [0.717, 1.165) is 5.69 Å². The lowest BCUT2D eigenvalue weighted by molar-refractivity contribution is -0.144. The second-order valence-corrected chi connectivity index (χ2v) is 7.35. The quantitative estimate of drug-likeness (QED) is 0.650. The van der Waals surface area contributed by atoms with Crippen LogP contribution in [0.1, 0.15) is 35.8 Å². The Morgan fingerprint density at radius 2 is 2.13 bits per heavy atom. The number of nitrogens with zero attached hydrogens (tertiary/aromatic N) is 2. The lowest BCUT2D eigenvalue weighted by Crippen LogP contribution is -2.51. The fraction of sp³-hybridized carbons (Fsp3) is 0.400. The summed E-state index contributed by atoms with van der Waals surface area (Å²) < 4.78 is 24.1. The van der Waals surface area contributed by atoms with Crippen molar-refractivity contribution >= 4 is 29.6 Å². The van der Waals surface area contributed by atoms with Crippen molar-refractivity contribution in [3.05, 3.63) is 52.3 Å². The molecule has 1 aromatic heterocycles. The molecule has 2 atom stereocenters. The number of hydrogen-bond acceptors (Lipinski definition) is 6. The Balaban J connectivity index is 1.88. The fourth-order valence-electron chi connectivity index (χ4n) is 3.52. The minimum absolute atomic E-state index is 0.00739. The van der Waals surface area contributed by atoms with Crippen LogP contribution in [0.4, 0.5) is 9.18 Å². The van der Waals surface area contributed by atoms with Crippen molar-refractivity contribution in [3.8, 4) is 0 Å². The molecule has 1 aliphatic heterocycles. The molecular weight excluding hydrogens is 431 g/mol. The number of carbonyl (C=O) groups excluding carboxylic acids is 3.